The molecule has 162 valence electrons. The molecule has 0 aliphatic heterocycles. The van der Waals surface area contributed by atoms with Crippen molar-refractivity contribution < 1.29 is 13.9 Å². The maximum Gasteiger partial charge on any atom is 0.224 e. The lowest BCUT2D eigenvalue weighted by molar-refractivity contribution is 0.210. The fraction of sp³-hybridized carbons (Fsp3) is 0.500. The highest BCUT2D eigenvalue weighted by Crippen LogP contribution is 2.35. The van der Waals surface area contributed by atoms with Gasteiger partial charge in [-0.25, -0.2) is 9.97 Å². The molecule has 3 heterocycles. The third-order valence-electron chi connectivity index (χ3n) is 4.71. The number of furan rings is 1. The Kier molecular flexibility index (Phi) is 7.46. The van der Waals surface area contributed by atoms with E-state index >= 15 is 0 Å². The van der Waals surface area contributed by atoms with Crippen molar-refractivity contribution in [2.45, 2.75) is 33.6 Å². The van der Waals surface area contributed by atoms with E-state index in [1.165, 1.54) is 12.8 Å². The summed E-state index contributed by atoms with van der Waals surface area (Å²) in [7, 11) is 3.49. The highest BCUT2D eigenvalue weighted by Gasteiger charge is 2.22. The lowest BCUT2D eigenvalue weighted by Crippen LogP contribution is -2.12. The summed E-state index contributed by atoms with van der Waals surface area (Å²) in [5, 5.41) is 7.24. The molecule has 3 aromatic heterocycles. The molecule has 0 spiro atoms. The van der Waals surface area contributed by atoms with Gasteiger partial charge in [-0.2, -0.15) is 4.98 Å². The van der Waals surface area contributed by atoms with Crippen molar-refractivity contribution in [2.24, 2.45) is 5.92 Å². The highest BCUT2D eigenvalue weighted by molar-refractivity contribution is 5.86. The lowest BCUT2D eigenvalue weighted by Gasteiger charge is -2.12. The van der Waals surface area contributed by atoms with Crippen LogP contribution in [0, 0.1) is 12.8 Å². The number of fused-ring (bicyclic) bond motifs is 1. The molecule has 0 saturated heterocycles. The second kappa shape index (κ2) is 10.2. The van der Waals surface area contributed by atoms with Crippen LogP contribution in [-0.2, 0) is 4.74 Å². The van der Waals surface area contributed by atoms with E-state index in [9.17, 15) is 0 Å². The van der Waals surface area contributed by atoms with Gasteiger partial charge in [0.15, 0.2) is 5.58 Å². The van der Waals surface area contributed by atoms with Crippen molar-refractivity contribution in [1.82, 2.24) is 15.0 Å². The van der Waals surface area contributed by atoms with Gasteiger partial charge in [0.05, 0.1) is 30.7 Å². The molecular weight excluding hydrogens is 382 g/mol. The molecule has 1 fully saturated rings. The number of hydrogen-bond acceptors (Lipinski definition) is 8. The molecule has 0 amide bonds. The zero-order valence-electron chi connectivity index (χ0n) is 18.4. The molecule has 30 heavy (non-hydrogen) atoms. The van der Waals surface area contributed by atoms with Crippen LogP contribution in [0.4, 0.5) is 11.8 Å². The first-order valence-corrected chi connectivity index (χ1v) is 10.5. The number of methoxy groups -OCH3 is 1. The van der Waals surface area contributed by atoms with Gasteiger partial charge in [0.1, 0.15) is 11.6 Å². The predicted octanol–water partition coefficient (Wildman–Crippen LogP) is 4.51. The van der Waals surface area contributed by atoms with E-state index in [0.29, 0.717) is 48.1 Å². The van der Waals surface area contributed by atoms with Crippen LogP contribution in [-0.4, -0.2) is 48.9 Å². The van der Waals surface area contributed by atoms with E-state index in [1.807, 2.05) is 40.0 Å². The topological polar surface area (TPSA) is 94.3 Å². The van der Waals surface area contributed by atoms with Crippen LogP contribution in [0.5, 0.6) is 5.88 Å². The average molecular weight is 414 g/mol. The van der Waals surface area contributed by atoms with Gasteiger partial charge in [-0.3, -0.25) is 0 Å². The van der Waals surface area contributed by atoms with E-state index < -0.39 is 0 Å². The maximum absolute atomic E-state index is 6.03. The van der Waals surface area contributed by atoms with E-state index in [-0.39, 0.29) is 0 Å². The van der Waals surface area contributed by atoms with Crippen LogP contribution in [0.2, 0.25) is 0 Å². The van der Waals surface area contributed by atoms with Gasteiger partial charge >= 0.3 is 0 Å². The minimum atomic E-state index is 0.552. The number of ether oxygens (including phenoxy) is 2. The summed E-state index contributed by atoms with van der Waals surface area (Å²) in [4.78, 5) is 13.5. The summed E-state index contributed by atoms with van der Waals surface area (Å²) >= 11 is 0. The summed E-state index contributed by atoms with van der Waals surface area (Å²) in [5.41, 5.74) is 2.35. The smallest absolute Gasteiger partial charge is 0.224 e. The number of nitrogens with one attached hydrogen (secondary N) is 2. The largest absolute Gasteiger partial charge is 0.477 e. The fourth-order valence-corrected chi connectivity index (χ4v) is 3.01. The molecule has 1 aliphatic rings. The molecule has 1 aliphatic carbocycles. The van der Waals surface area contributed by atoms with Gasteiger partial charge in [-0.1, -0.05) is 13.8 Å². The van der Waals surface area contributed by atoms with Crippen molar-refractivity contribution >= 4 is 22.7 Å². The Morgan fingerprint density at radius 3 is 2.70 bits per heavy atom. The monoisotopic (exact) mass is 413 g/mol. The van der Waals surface area contributed by atoms with Crippen LogP contribution in [0.3, 0.4) is 0 Å². The SMILES string of the molecule is CC.CNc1nc(NCCOC)nc(C)c1-c1cc2cc(OCC3CC3)ncc2o1. The number of aryl methyl sites for hydroxylation is 1. The molecule has 2 N–H and O–H groups in total. The molecule has 0 bridgehead atoms. The number of pyridine rings is 1. The average Bonchev–Trinajstić information content (AvgIpc) is 3.50. The van der Waals surface area contributed by atoms with Gasteiger partial charge in [-0.15, -0.1) is 0 Å². The van der Waals surface area contributed by atoms with E-state index in [0.717, 1.165) is 23.3 Å². The molecule has 0 unspecified atom stereocenters. The second-order valence-corrected chi connectivity index (χ2v) is 6.95. The first kappa shape index (κ1) is 21.8. The standard InChI is InChI=1S/C20H25N5O3.C2H6/c1-12-18(19(21-2)25-20(24-12)22-6-7-26-3)15-8-14-9-17(23-10-16(14)28-15)27-11-13-4-5-13;1-2/h8-10,13H,4-7,11H2,1-3H3,(H2,21,22,24,25);1-2H3. The number of aromatic nitrogens is 3. The van der Waals surface area contributed by atoms with E-state index in [1.54, 1.807) is 13.3 Å². The Morgan fingerprint density at radius 2 is 2.00 bits per heavy atom. The Bertz CT molecular complexity index is 969. The Labute approximate surface area is 177 Å². The van der Waals surface area contributed by atoms with E-state index in [4.69, 9.17) is 13.9 Å². The lowest BCUT2D eigenvalue weighted by atomic mass is 10.1. The highest BCUT2D eigenvalue weighted by atomic mass is 16.5. The summed E-state index contributed by atoms with van der Waals surface area (Å²) < 4.78 is 16.9. The molecule has 8 nitrogen and oxygen atoms in total. The molecule has 1 saturated carbocycles. The number of anilines is 2. The van der Waals surface area contributed by atoms with Crippen molar-refractivity contribution in [3.63, 3.8) is 0 Å². The van der Waals surface area contributed by atoms with Gasteiger partial charge in [-0.05, 0) is 31.7 Å². The molecule has 0 radical (unpaired) electrons. The minimum absolute atomic E-state index is 0.552. The number of hydrogen-bond donors (Lipinski definition) is 2. The fourth-order valence-electron chi connectivity index (χ4n) is 3.01. The van der Waals surface area contributed by atoms with Gasteiger partial charge in [0.25, 0.3) is 0 Å². The predicted molar refractivity (Wildman–Crippen MR) is 119 cm³/mol. The molecule has 0 aromatic carbocycles. The number of nitrogens with zero attached hydrogens (tertiary/aromatic N) is 3. The minimum Gasteiger partial charge on any atom is -0.477 e. The summed E-state index contributed by atoms with van der Waals surface area (Å²) in [6, 6.07) is 3.90. The zero-order valence-corrected chi connectivity index (χ0v) is 18.4. The number of rotatable bonds is 9. The molecular formula is C22H31N5O3. The summed E-state index contributed by atoms with van der Waals surface area (Å²) in [6.45, 7) is 7.89. The summed E-state index contributed by atoms with van der Waals surface area (Å²) in [6.07, 6.45) is 4.21. The molecule has 8 heteroatoms. The van der Waals surface area contributed by atoms with E-state index in [2.05, 4.69) is 25.6 Å². The third kappa shape index (κ3) is 5.18. The van der Waals surface area contributed by atoms with Crippen LogP contribution < -0.4 is 15.4 Å². The van der Waals surface area contributed by atoms with Gasteiger partial charge < -0.3 is 24.5 Å². The van der Waals surface area contributed by atoms with Crippen molar-refractivity contribution in [3.05, 3.63) is 24.0 Å². The van der Waals surface area contributed by atoms with Gasteiger partial charge in [0.2, 0.25) is 11.8 Å². The van der Waals surface area contributed by atoms with Crippen LogP contribution in [0.15, 0.2) is 22.7 Å². The Hall–Kier alpha value is -2.87. The van der Waals surface area contributed by atoms with Crippen LogP contribution in [0.1, 0.15) is 32.4 Å². The molecule has 3 aromatic rings. The zero-order chi connectivity index (χ0) is 21.5. The first-order chi connectivity index (χ1) is 14.7. The van der Waals surface area contributed by atoms with Crippen molar-refractivity contribution in [3.8, 4) is 17.2 Å². The van der Waals surface area contributed by atoms with Crippen LogP contribution in [0.25, 0.3) is 22.3 Å². The van der Waals surface area contributed by atoms with Crippen molar-refractivity contribution in [1.29, 1.82) is 0 Å². The van der Waals surface area contributed by atoms with Crippen molar-refractivity contribution in [2.75, 3.05) is 44.5 Å². The van der Waals surface area contributed by atoms with Gasteiger partial charge in [0, 0.05) is 32.2 Å². The maximum atomic E-state index is 6.03. The quantitative estimate of drug-likeness (QED) is 0.495. The Balaban J connectivity index is 0.00000124. The first-order valence-electron chi connectivity index (χ1n) is 10.5. The summed E-state index contributed by atoms with van der Waals surface area (Å²) in [5.74, 6) is 3.26. The molecule has 4 rings (SSSR count). The Morgan fingerprint density at radius 1 is 1.20 bits per heavy atom. The third-order valence-corrected chi connectivity index (χ3v) is 4.71. The van der Waals surface area contributed by atoms with Crippen LogP contribution >= 0.6 is 0 Å². The second-order valence-electron chi connectivity index (χ2n) is 6.95. The molecule has 0 atom stereocenters. The normalized spacial score (nSPS) is 13.0.